The van der Waals surface area contributed by atoms with Crippen LogP contribution >= 0.6 is 38.9 Å². The molecular weight excluding hydrogens is 524 g/mol. The smallest absolute Gasteiger partial charge is 0.252 e. The summed E-state index contributed by atoms with van der Waals surface area (Å²) in [5.41, 5.74) is 0.360. The van der Waals surface area contributed by atoms with Crippen LogP contribution in [-0.2, 0) is 26.2 Å². The van der Waals surface area contributed by atoms with Crippen molar-refractivity contribution in [3.8, 4) is 0 Å². The fraction of sp³-hybridized carbons (Fsp3) is 0.143. The van der Waals surface area contributed by atoms with Gasteiger partial charge in [0.2, 0.25) is 15.9 Å². The van der Waals surface area contributed by atoms with Crippen LogP contribution in [0.2, 0.25) is 5.02 Å². The number of sulfonamides is 1. The molecule has 0 N–H and O–H groups in total. The monoisotopic (exact) mass is 538 g/mol. The van der Waals surface area contributed by atoms with Gasteiger partial charge in [0.15, 0.2) is 0 Å². The van der Waals surface area contributed by atoms with Crippen molar-refractivity contribution in [2.45, 2.75) is 23.9 Å². The highest BCUT2D eigenvalue weighted by molar-refractivity contribution is 9.10. The van der Waals surface area contributed by atoms with Crippen molar-refractivity contribution < 1.29 is 18.0 Å². The lowest BCUT2D eigenvalue weighted by atomic mass is 10.2. The van der Waals surface area contributed by atoms with E-state index in [2.05, 4.69) is 15.9 Å². The minimum Gasteiger partial charge on any atom is -0.274 e. The van der Waals surface area contributed by atoms with Crippen molar-refractivity contribution in [2.75, 3.05) is 4.90 Å². The average molecular weight is 540 g/mol. The van der Waals surface area contributed by atoms with Crippen LogP contribution in [0.15, 0.2) is 75.4 Å². The highest BCUT2D eigenvalue weighted by Gasteiger charge is 2.47. The molecule has 0 bridgehead atoms. The van der Waals surface area contributed by atoms with Crippen LogP contribution < -0.4 is 4.90 Å². The molecule has 2 heterocycles. The van der Waals surface area contributed by atoms with E-state index >= 15 is 0 Å². The summed E-state index contributed by atoms with van der Waals surface area (Å²) >= 11 is 10.6. The van der Waals surface area contributed by atoms with E-state index in [4.69, 9.17) is 11.6 Å². The summed E-state index contributed by atoms with van der Waals surface area (Å²) in [4.78, 5) is 27.9. The number of carbonyl (C=O) groups excluding carboxylic acids is 2. The summed E-state index contributed by atoms with van der Waals surface area (Å²) in [7, 11) is -4.05. The molecule has 0 saturated carbocycles. The third-order valence-corrected chi connectivity index (χ3v) is 8.38. The molecule has 1 atom stereocenters. The van der Waals surface area contributed by atoms with Gasteiger partial charge in [0.05, 0.1) is 17.0 Å². The van der Waals surface area contributed by atoms with Crippen LogP contribution in [0.5, 0.6) is 0 Å². The van der Waals surface area contributed by atoms with Gasteiger partial charge in [-0.1, -0.05) is 33.6 Å². The predicted molar refractivity (Wildman–Crippen MR) is 124 cm³/mol. The quantitative estimate of drug-likeness (QED) is 0.426. The maximum Gasteiger partial charge on any atom is 0.252 e. The first kappa shape index (κ1) is 22.2. The largest absolute Gasteiger partial charge is 0.274 e. The molecule has 160 valence electrons. The van der Waals surface area contributed by atoms with E-state index in [-0.39, 0.29) is 17.9 Å². The van der Waals surface area contributed by atoms with Gasteiger partial charge in [0.1, 0.15) is 6.04 Å². The molecule has 1 aromatic heterocycles. The minimum absolute atomic E-state index is 0.00575. The summed E-state index contributed by atoms with van der Waals surface area (Å²) in [5, 5.41) is 2.30. The van der Waals surface area contributed by atoms with Gasteiger partial charge in [-0.3, -0.25) is 9.59 Å². The summed E-state index contributed by atoms with van der Waals surface area (Å²) in [6.07, 6.45) is -0.234. The van der Waals surface area contributed by atoms with Gasteiger partial charge in [-0.05, 0) is 60.0 Å². The Morgan fingerprint density at radius 1 is 1.06 bits per heavy atom. The fourth-order valence-electron chi connectivity index (χ4n) is 3.36. The molecule has 1 unspecified atom stereocenters. The van der Waals surface area contributed by atoms with Gasteiger partial charge >= 0.3 is 0 Å². The van der Waals surface area contributed by atoms with Gasteiger partial charge in [0, 0.05) is 20.9 Å². The van der Waals surface area contributed by atoms with Crippen LogP contribution in [0, 0.1) is 0 Å². The van der Waals surface area contributed by atoms with E-state index in [1.54, 1.807) is 42.5 Å². The number of amides is 2. The average Bonchev–Trinajstić information content (AvgIpc) is 3.35. The summed E-state index contributed by atoms with van der Waals surface area (Å²) in [6, 6.07) is 14.9. The summed E-state index contributed by atoms with van der Waals surface area (Å²) in [6.45, 7) is -0.00575. The van der Waals surface area contributed by atoms with Crippen LogP contribution in [0.3, 0.4) is 0 Å². The van der Waals surface area contributed by atoms with Crippen LogP contribution in [-0.4, -0.2) is 30.6 Å². The number of rotatable bonds is 6. The van der Waals surface area contributed by atoms with Crippen LogP contribution in [0.25, 0.3) is 0 Å². The number of thiophene rings is 1. The Kier molecular flexibility index (Phi) is 6.32. The Bertz CT molecular complexity index is 1210. The molecule has 1 saturated heterocycles. The second-order valence-corrected chi connectivity index (χ2v) is 11.1. The summed E-state index contributed by atoms with van der Waals surface area (Å²) < 4.78 is 28.9. The molecule has 1 fully saturated rings. The van der Waals surface area contributed by atoms with Gasteiger partial charge in [-0.25, -0.2) is 13.3 Å². The lowest BCUT2D eigenvalue weighted by Crippen LogP contribution is -2.44. The van der Waals surface area contributed by atoms with Crippen LogP contribution in [0.1, 0.15) is 11.3 Å². The molecule has 10 heteroatoms. The first-order valence-corrected chi connectivity index (χ1v) is 12.7. The molecule has 0 spiro atoms. The Balaban J connectivity index is 1.73. The number of benzene rings is 2. The Morgan fingerprint density at radius 2 is 1.74 bits per heavy atom. The number of hydrogen-bond acceptors (Lipinski definition) is 5. The summed E-state index contributed by atoms with van der Waals surface area (Å²) in [5.74, 6) is -1.04. The number of halogens is 2. The molecule has 2 amide bonds. The number of imide groups is 1. The minimum atomic E-state index is -4.05. The Morgan fingerprint density at radius 3 is 2.35 bits per heavy atom. The Labute approximate surface area is 197 Å². The molecule has 1 aliphatic rings. The standard InChI is InChI=1S/C21H16BrClN2O4S2/c22-14-3-9-18(10-4-14)31(28,29)24(13-17-2-1-11-30-17)19-12-20(26)25(21(19)27)16-7-5-15(23)6-8-16/h1-11,19H,12-13H2. The molecule has 0 aliphatic carbocycles. The number of nitrogens with zero attached hydrogens (tertiary/aromatic N) is 2. The van der Waals surface area contributed by atoms with Crippen molar-refractivity contribution >= 4 is 66.4 Å². The number of anilines is 1. The first-order valence-electron chi connectivity index (χ1n) is 9.19. The number of carbonyl (C=O) groups is 2. The highest BCUT2D eigenvalue weighted by atomic mass is 79.9. The van der Waals surface area contributed by atoms with E-state index in [9.17, 15) is 18.0 Å². The molecular formula is C21H16BrClN2O4S2. The third kappa shape index (κ3) is 4.47. The molecule has 31 heavy (non-hydrogen) atoms. The van der Waals surface area contributed by atoms with E-state index in [0.29, 0.717) is 10.7 Å². The zero-order valence-electron chi connectivity index (χ0n) is 15.9. The van der Waals surface area contributed by atoms with Crippen molar-refractivity contribution in [1.82, 2.24) is 4.31 Å². The van der Waals surface area contributed by atoms with Crippen molar-refractivity contribution in [3.05, 3.63) is 80.4 Å². The maximum absolute atomic E-state index is 13.5. The SMILES string of the molecule is O=C1CC(N(Cc2cccs2)S(=O)(=O)c2ccc(Br)cc2)C(=O)N1c1ccc(Cl)cc1. The van der Waals surface area contributed by atoms with Gasteiger partial charge in [-0.2, -0.15) is 4.31 Å². The zero-order valence-corrected chi connectivity index (χ0v) is 19.9. The molecule has 6 nitrogen and oxygen atoms in total. The number of hydrogen-bond donors (Lipinski definition) is 0. The van der Waals surface area contributed by atoms with Crippen molar-refractivity contribution in [1.29, 1.82) is 0 Å². The zero-order chi connectivity index (χ0) is 22.2. The third-order valence-electron chi connectivity index (χ3n) is 4.87. The van der Waals surface area contributed by atoms with E-state index in [0.717, 1.165) is 18.6 Å². The van der Waals surface area contributed by atoms with Gasteiger partial charge in [0.25, 0.3) is 5.91 Å². The first-order chi connectivity index (χ1) is 14.8. The topological polar surface area (TPSA) is 74.8 Å². The maximum atomic E-state index is 13.5. The van der Waals surface area contributed by atoms with Gasteiger partial charge < -0.3 is 0 Å². The molecule has 2 aromatic carbocycles. The molecule has 1 aliphatic heterocycles. The molecule has 3 aromatic rings. The lowest BCUT2D eigenvalue weighted by Gasteiger charge is -2.26. The predicted octanol–water partition coefficient (Wildman–Crippen LogP) is 4.69. The van der Waals surface area contributed by atoms with Crippen molar-refractivity contribution in [3.63, 3.8) is 0 Å². The lowest BCUT2D eigenvalue weighted by molar-refractivity contribution is -0.122. The van der Waals surface area contributed by atoms with E-state index < -0.39 is 27.9 Å². The molecule has 0 radical (unpaired) electrons. The molecule has 4 rings (SSSR count). The second kappa shape index (κ2) is 8.84. The normalized spacial score (nSPS) is 17.0. The van der Waals surface area contributed by atoms with Gasteiger partial charge in [-0.15, -0.1) is 11.3 Å². The van der Waals surface area contributed by atoms with E-state index in [1.165, 1.54) is 23.5 Å². The van der Waals surface area contributed by atoms with Crippen molar-refractivity contribution in [2.24, 2.45) is 0 Å². The highest BCUT2D eigenvalue weighted by Crippen LogP contribution is 2.32. The second-order valence-electron chi connectivity index (χ2n) is 6.85. The fourth-order valence-corrected chi connectivity index (χ4v) is 6.10. The van der Waals surface area contributed by atoms with E-state index in [1.807, 2.05) is 11.4 Å². The van der Waals surface area contributed by atoms with Crippen LogP contribution in [0.4, 0.5) is 5.69 Å². The Hall–Kier alpha value is -2.04.